The molecule has 0 radical (unpaired) electrons. The minimum atomic E-state index is -1.67. The summed E-state index contributed by atoms with van der Waals surface area (Å²) in [6.07, 6.45) is 24.4. The van der Waals surface area contributed by atoms with Crippen molar-refractivity contribution >= 4 is 31.7 Å². The van der Waals surface area contributed by atoms with E-state index in [1.165, 1.54) is 83.6 Å². The van der Waals surface area contributed by atoms with Crippen molar-refractivity contribution in [3.8, 4) is 0 Å². The van der Waals surface area contributed by atoms with E-state index in [0.717, 1.165) is 11.8 Å². The van der Waals surface area contributed by atoms with Gasteiger partial charge in [-0.1, -0.05) is 23.8 Å². The molecule has 0 spiro atoms. The maximum atomic E-state index is 3.80. The Bertz CT molecular complexity index is 473. The fraction of sp³-hybridized carbons (Fsp3) is 0.810. The first kappa shape index (κ1) is 27.1. The predicted molar refractivity (Wildman–Crippen MR) is 122 cm³/mol. The van der Waals surface area contributed by atoms with Crippen LogP contribution in [-0.4, -0.2) is 13.4 Å². The van der Waals surface area contributed by atoms with Crippen LogP contribution in [0.3, 0.4) is 0 Å². The quantitative estimate of drug-likeness (QED) is 0.237. The molecule has 153 valence electrons. The normalized spacial score (nSPS) is 21.5. The first-order valence-electron chi connectivity index (χ1n) is 10.5. The molecule has 1 fully saturated rings. The molecule has 0 amide bonds. The summed E-state index contributed by atoms with van der Waals surface area (Å²) in [5.41, 5.74) is 1.80. The first-order chi connectivity index (χ1) is 11.6. The molecule has 0 aromatic heterocycles. The topological polar surface area (TPSA) is 12.0 Å². The number of halogens is 2. The van der Waals surface area contributed by atoms with Gasteiger partial charge >= 0.3 is 109 Å². The van der Waals surface area contributed by atoms with Crippen LogP contribution in [0.4, 0.5) is 0 Å². The van der Waals surface area contributed by atoms with Gasteiger partial charge in [0.2, 0.25) is 0 Å². The first-order valence-corrected chi connectivity index (χ1v) is 22.6. The van der Waals surface area contributed by atoms with Gasteiger partial charge in [0.1, 0.15) is 0 Å². The van der Waals surface area contributed by atoms with Gasteiger partial charge in [-0.15, -0.1) is 24.8 Å². The molecule has 26 heavy (non-hydrogen) atoms. The van der Waals surface area contributed by atoms with Crippen LogP contribution in [0.1, 0.15) is 77.0 Å². The summed E-state index contributed by atoms with van der Waals surface area (Å²) in [6.45, 7) is 3.53. The van der Waals surface area contributed by atoms with Crippen molar-refractivity contribution in [1.82, 2.24) is 3.26 Å². The van der Waals surface area contributed by atoms with Crippen molar-refractivity contribution in [3.63, 3.8) is 0 Å². The molecule has 2 atom stereocenters. The van der Waals surface area contributed by atoms with Crippen LogP contribution in [0.25, 0.3) is 0 Å². The molecule has 0 heterocycles. The van der Waals surface area contributed by atoms with Crippen molar-refractivity contribution in [2.75, 3.05) is 6.54 Å². The Morgan fingerprint density at radius 1 is 0.962 bits per heavy atom. The zero-order valence-electron chi connectivity index (χ0n) is 17.1. The number of fused-ring (bicyclic) bond motifs is 1. The van der Waals surface area contributed by atoms with Crippen molar-refractivity contribution in [1.29, 1.82) is 0 Å². The van der Waals surface area contributed by atoms with Gasteiger partial charge in [-0.05, 0) is 25.2 Å². The number of allylic oxidation sites excluding steroid dienone is 4. The Kier molecular flexibility index (Phi) is 15.7. The summed E-state index contributed by atoms with van der Waals surface area (Å²) in [5, 5.41) is 0. The van der Waals surface area contributed by atoms with Crippen LogP contribution in [0.2, 0.25) is 9.26 Å². The molecule has 1 nitrogen and oxygen atoms in total. The minimum Gasteiger partial charge on any atom is -0.0839 e. The van der Waals surface area contributed by atoms with Crippen molar-refractivity contribution < 1.29 is 19.2 Å². The molecule has 0 bridgehead atoms. The third kappa shape index (κ3) is 11.2. The summed E-state index contributed by atoms with van der Waals surface area (Å²) in [4.78, 5) is 0. The van der Waals surface area contributed by atoms with Crippen LogP contribution in [0.5, 0.6) is 0 Å². The molecule has 0 aliphatic heterocycles. The van der Waals surface area contributed by atoms with Gasteiger partial charge in [-0.3, -0.25) is 0 Å². The van der Waals surface area contributed by atoms with Gasteiger partial charge < -0.3 is 0 Å². The summed E-state index contributed by atoms with van der Waals surface area (Å²) in [6, 6.07) is 0. The average molecular weight is 499 g/mol. The minimum absolute atomic E-state index is 0. The monoisotopic (exact) mass is 496 g/mol. The van der Waals surface area contributed by atoms with Gasteiger partial charge in [-0.2, -0.15) is 0 Å². The van der Waals surface area contributed by atoms with Gasteiger partial charge in [-0.25, -0.2) is 0 Å². The molecule has 2 aliphatic carbocycles. The van der Waals surface area contributed by atoms with E-state index >= 15 is 0 Å². The second-order valence-electron chi connectivity index (χ2n) is 8.73. The fourth-order valence-electron chi connectivity index (χ4n) is 4.33. The standard InChI is InChI=1S/C19H32N.2CH3.2ClH.H2Si.Zr/c20-16-10-6-4-2-1-3-5-7-11-17-14-15-18-12-8-9-13-19(17)18;;;;;;/h8-9,13,17-18,20H,1-7,10-12,14-16H2;2*1H3;2*1H;1H2;/q-1;;;;;;+1. The number of nitrogens with one attached hydrogen (secondary N) is 1. The van der Waals surface area contributed by atoms with E-state index < -0.39 is 19.2 Å². The SMILES string of the molecule is Cl.Cl.[CH3][Zr]([CH3])(=[SiH2])[NH]CCCCCCCCCCC1CCC2CC=CC=C21. The summed E-state index contributed by atoms with van der Waals surface area (Å²) in [7, 11) is 0. The molecule has 2 unspecified atom stereocenters. The number of hydrogen-bond acceptors (Lipinski definition) is 1. The third-order valence-electron chi connectivity index (χ3n) is 5.73. The van der Waals surface area contributed by atoms with Crippen LogP contribution in [0, 0.1) is 11.8 Å². The van der Waals surface area contributed by atoms with E-state index in [1.54, 1.807) is 5.57 Å². The molecular formula is C21H42Cl2NSiZr. The zero-order chi connectivity index (χ0) is 17.3. The molecule has 0 aromatic rings. The van der Waals surface area contributed by atoms with Crippen LogP contribution in [0.15, 0.2) is 23.8 Å². The van der Waals surface area contributed by atoms with Crippen molar-refractivity contribution in [3.05, 3.63) is 23.8 Å². The molecule has 5 heteroatoms. The van der Waals surface area contributed by atoms with Crippen LogP contribution in [-0.2, 0) is 19.2 Å². The number of unbranched alkanes of at least 4 members (excludes halogenated alkanes) is 7. The predicted octanol–water partition coefficient (Wildman–Crippen LogP) is 6.56. The van der Waals surface area contributed by atoms with E-state index in [9.17, 15) is 0 Å². The van der Waals surface area contributed by atoms with E-state index in [2.05, 4.69) is 37.6 Å². The number of hydrogen-bond donors (Lipinski definition) is 1. The second-order valence-corrected chi connectivity index (χ2v) is 29.3. The Labute approximate surface area is 181 Å². The second kappa shape index (κ2) is 15.0. The van der Waals surface area contributed by atoms with Gasteiger partial charge in [0, 0.05) is 0 Å². The Hall–Kier alpha value is 1.12. The van der Waals surface area contributed by atoms with Gasteiger partial charge in [0.15, 0.2) is 0 Å². The van der Waals surface area contributed by atoms with E-state index in [4.69, 9.17) is 0 Å². The summed E-state index contributed by atoms with van der Waals surface area (Å²) < 4.78 is 8.75. The Balaban J connectivity index is 0.00000312. The van der Waals surface area contributed by atoms with Crippen molar-refractivity contribution in [2.45, 2.75) is 86.3 Å². The molecule has 1 N–H and O–H groups in total. The zero-order valence-corrected chi connectivity index (χ0v) is 22.6. The average Bonchev–Trinajstić information content (AvgIpc) is 2.95. The molecule has 0 saturated heterocycles. The maximum absolute atomic E-state index is 3.80. The van der Waals surface area contributed by atoms with E-state index in [1.807, 2.05) is 0 Å². The summed E-state index contributed by atoms with van der Waals surface area (Å²) in [5.74, 6) is 1.85. The van der Waals surface area contributed by atoms with Crippen LogP contribution >= 0.6 is 24.8 Å². The number of rotatable bonds is 12. The van der Waals surface area contributed by atoms with Crippen molar-refractivity contribution in [2.24, 2.45) is 11.8 Å². The Morgan fingerprint density at radius 2 is 1.58 bits per heavy atom. The molecule has 2 rings (SSSR count). The summed E-state index contributed by atoms with van der Waals surface area (Å²) >= 11 is -1.67. The molecule has 1 saturated carbocycles. The Morgan fingerprint density at radius 3 is 2.23 bits per heavy atom. The molecule has 2 aliphatic rings. The van der Waals surface area contributed by atoms with E-state index in [-0.39, 0.29) is 24.8 Å². The van der Waals surface area contributed by atoms with Crippen LogP contribution < -0.4 is 3.26 Å². The van der Waals surface area contributed by atoms with E-state index in [0.29, 0.717) is 0 Å². The molecular weight excluding hydrogens is 456 g/mol. The molecule has 0 aromatic carbocycles. The van der Waals surface area contributed by atoms with Gasteiger partial charge in [0.05, 0.1) is 0 Å². The van der Waals surface area contributed by atoms with Gasteiger partial charge in [0.25, 0.3) is 0 Å². The smallest absolute Gasteiger partial charge is 0.0839 e. The fourth-order valence-corrected chi connectivity index (χ4v) is 7.48. The third-order valence-corrected chi connectivity index (χ3v) is 10.2.